The second-order valence-corrected chi connectivity index (χ2v) is 14.9. The number of rotatable bonds is 40. The van der Waals surface area contributed by atoms with Gasteiger partial charge in [0.05, 0.1) is 0 Å². The highest BCUT2D eigenvalue weighted by Crippen LogP contribution is 2.11. The Labute approximate surface area is 350 Å². The summed E-state index contributed by atoms with van der Waals surface area (Å²) in [6.45, 7) is 6.35. The molecule has 57 heavy (non-hydrogen) atoms. The summed E-state index contributed by atoms with van der Waals surface area (Å²) < 4.78 is 16.6. The number of ether oxygens (including phenoxy) is 3. The molecule has 0 amide bonds. The van der Waals surface area contributed by atoms with Crippen molar-refractivity contribution in [3.05, 3.63) is 85.1 Å². The predicted octanol–water partition coefficient (Wildman–Crippen LogP) is 14.9. The van der Waals surface area contributed by atoms with Crippen LogP contribution in [0.3, 0.4) is 0 Å². The third kappa shape index (κ3) is 43.6. The van der Waals surface area contributed by atoms with Crippen LogP contribution in [0.25, 0.3) is 0 Å². The van der Waals surface area contributed by atoms with E-state index in [-0.39, 0.29) is 44.0 Å². The van der Waals surface area contributed by atoms with Crippen molar-refractivity contribution in [1.29, 1.82) is 0 Å². The highest BCUT2D eigenvalue weighted by Gasteiger charge is 2.19. The first-order valence-corrected chi connectivity index (χ1v) is 23.1. The third-order valence-electron chi connectivity index (χ3n) is 9.37. The van der Waals surface area contributed by atoms with Crippen LogP contribution >= 0.6 is 0 Å². The maximum Gasteiger partial charge on any atom is 0.306 e. The van der Waals surface area contributed by atoms with Crippen molar-refractivity contribution in [2.75, 3.05) is 13.2 Å². The van der Waals surface area contributed by atoms with Gasteiger partial charge in [0, 0.05) is 19.3 Å². The average Bonchev–Trinajstić information content (AvgIpc) is 3.21. The van der Waals surface area contributed by atoms with E-state index in [1.165, 1.54) is 70.6 Å². The smallest absolute Gasteiger partial charge is 0.306 e. The molecular weight excluding hydrogens is 709 g/mol. The molecule has 6 nitrogen and oxygen atoms in total. The van der Waals surface area contributed by atoms with Crippen LogP contribution in [0, 0.1) is 0 Å². The minimum atomic E-state index is -0.823. The highest BCUT2D eigenvalue weighted by atomic mass is 16.6. The fourth-order valence-electron chi connectivity index (χ4n) is 5.90. The maximum atomic E-state index is 12.7. The fraction of sp³-hybridized carbons (Fsp3) is 0.667. The second-order valence-electron chi connectivity index (χ2n) is 14.9. The number of hydrogen-bond donors (Lipinski definition) is 0. The zero-order valence-corrected chi connectivity index (χ0v) is 36.8. The van der Waals surface area contributed by atoms with Gasteiger partial charge in [0.1, 0.15) is 13.2 Å². The van der Waals surface area contributed by atoms with Crippen molar-refractivity contribution in [3.63, 3.8) is 0 Å². The Balaban J connectivity index is 4.53. The summed E-state index contributed by atoms with van der Waals surface area (Å²) in [6, 6.07) is 0. The van der Waals surface area contributed by atoms with E-state index in [0.29, 0.717) is 19.3 Å². The Morgan fingerprint density at radius 3 is 1.25 bits per heavy atom. The monoisotopic (exact) mass is 793 g/mol. The van der Waals surface area contributed by atoms with E-state index in [1.54, 1.807) is 0 Å². The molecule has 0 aromatic heterocycles. The summed E-state index contributed by atoms with van der Waals surface area (Å²) in [5, 5.41) is 0. The van der Waals surface area contributed by atoms with E-state index >= 15 is 0 Å². The summed E-state index contributed by atoms with van der Waals surface area (Å²) in [7, 11) is 0. The standard InChI is InChI=1S/C51H84O6/c1-4-7-10-13-16-19-21-23-25-26-28-29-32-35-38-41-44-50(53)56-47-48(46-55-49(52)43-40-37-34-31-18-15-12-9-6-3)57-51(54)45-42-39-36-33-30-27-24-22-20-17-14-11-8-5-2/h7,10,16,19,23,25,27-31,34-35,38,48H,4-6,8-9,11-15,17-18,20-22,24,26,32-33,36-37,39-47H2,1-3H3/b10-7-,19-16-,25-23-,29-28-,30-27-,34-31-,38-35-. The second kappa shape index (κ2) is 45.3. The van der Waals surface area contributed by atoms with Crippen molar-refractivity contribution in [1.82, 2.24) is 0 Å². The van der Waals surface area contributed by atoms with Crippen LogP contribution in [0.4, 0.5) is 0 Å². The highest BCUT2D eigenvalue weighted by molar-refractivity contribution is 5.71. The molecule has 0 spiro atoms. The molecule has 0 saturated heterocycles. The summed E-state index contributed by atoms with van der Waals surface area (Å²) in [5.41, 5.74) is 0. The van der Waals surface area contributed by atoms with Gasteiger partial charge >= 0.3 is 17.9 Å². The van der Waals surface area contributed by atoms with Crippen LogP contribution < -0.4 is 0 Å². The number of hydrogen-bond acceptors (Lipinski definition) is 6. The van der Waals surface area contributed by atoms with E-state index in [9.17, 15) is 14.4 Å². The molecule has 0 aromatic rings. The molecule has 0 bridgehead atoms. The molecule has 0 rings (SSSR count). The summed E-state index contributed by atoms with van der Waals surface area (Å²) >= 11 is 0. The van der Waals surface area contributed by atoms with E-state index in [1.807, 2.05) is 12.2 Å². The third-order valence-corrected chi connectivity index (χ3v) is 9.37. The van der Waals surface area contributed by atoms with Crippen molar-refractivity contribution in [2.24, 2.45) is 0 Å². The molecular formula is C51H84O6. The lowest BCUT2D eigenvalue weighted by molar-refractivity contribution is -0.166. The van der Waals surface area contributed by atoms with Crippen molar-refractivity contribution in [2.45, 2.75) is 207 Å². The number of esters is 3. The molecule has 6 heteroatoms. The van der Waals surface area contributed by atoms with Crippen molar-refractivity contribution >= 4 is 17.9 Å². The van der Waals surface area contributed by atoms with E-state index in [0.717, 1.165) is 77.0 Å². The minimum Gasteiger partial charge on any atom is -0.462 e. The van der Waals surface area contributed by atoms with Crippen molar-refractivity contribution < 1.29 is 28.6 Å². The predicted molar refractivity (Wildman–Crippen MR) is 242 cm³/mol. The van der Waals surface area contributed by atoms with Gasteiger partial charge in [-0.2, -0.15) is 0 Å². The molecule has 0 aliphatic rings. The van der Waals surface area contributed by atoms with Crippen LogP contribution in [0.2, 0.25) is 0 Å². The van der Waals surface area contributed by atoms with Gasteiger partial charge in [-0.25, -0.2) is 0 Å². The Kier molecular flexibility index (Phi) is 42.6. The molecule has 1 atom stereocenters. The first-order chi connectivity index (χ1) is 28.0. The molecule has 0 radical (unpaired) electrons. The molecule has 0 aliphatic carbocycles. The maximum absolute atomic E-state index is 12.7. The van der Waals surface area contributed by atoms with E-state index in [2.05, 4.69) is 93.7 Å². The van der Waals surface area contributed by atoms with Crippen LogP contribution in [0.1, 0.15) is 201 Å². The summed E-state index contributed by atoms with van der Waals surface area (Å²) in [5.74, 6) is -1.06. The van der Waals surface area contributed by atoms with Crippen LogP contribution in [0.15, 0.2) is 85.1 Å². The molecule has 0 saturated carbocycles. The van der Waals surface area contributed by atoms with Crippen LogP contribution in [0.5, 0.6) is 0 Å². The normalized spacial score (nSPS) is 12.8. The number of allylic oxidation sites excluding steroid dienone is 14. The van der Waals surface area contributed by atoms with Gasteiger partial charge in [0.25, 0.3) is 0 Å². The molecule has 1 unspecified atom stereocenters. The fourth-order valence-corrected chi connectivity index (χ4v) is 5.90. The van der Waals surface area contributed by atoms with Crippen LogP contribution in [-0.2, 0) is 28.6 Å². The number of carbonyl (C=O) groups excluding carboxylic acids is 3. The zero-order valence-electron chi connectivity index (χ0n) is 36.8. The van der Waals surface area contributed by atoms with Gasteiger partial charge < -0.3 is 14.2 Å². The van der Waals surface area contributed by atoms with Gasteiger partial charge in [0.2, 0.25) is 0 Å². The van der Waals surface area contributed by atoms with Gasteiger partial charge in [-0.3, -0.25) is 14.4 Å². The summed E-state index contributed by atoms with van der Waals surface area (Å²) in [4.78, 5) is 37.7. The zero-order chi connectivity index (χ0) is 41.5. The largest absolute Gasteiger partial charge is 0.462 e. The molecule has 0 aliphatic heterocycles. The Morgan fingerprint density at radius 2 is 0.737 bits per heavy atom. The lowest BCUT2D eigenvalue weighted by Crippen LogP contribution is -2.30. The number of unbranched alkanes of at least 4 members (excludes halogenated alkanes) is 15. The molecule has 0 fully saturated rings. The molecule has 324 valence electrons. The van der Waals surface area contributed by atoms with E-state index < -0.39 is 6.10 Å². The molecule has 0 heterocycles. The molecule has 0 N–H and O–H groups in total. The Bertz CT molecular complexity index is 1140. The lowest BCUT2D eigenvalue weighted by atomic mass is 10.1. The number of carbonyl (C=O) groups is 3. The first kappa shape index (κ1) is 53.6. The Morgan fingerprint density at radius 1 is 0.368 bits per heavy atom. The van der Waals surface area contributed by atoms with Gasteiger partial charge in [0.15, 0.2) is 6.10 Å². The van der Waals surface area contributed by atoms with Gasteiger partial charge in [-0.1, -0.05) is 170 Å². The molecule has 0 aromatic carbocycles. The minimum absolute atomic E-state index is 0.122. The van der Waals surface area contributed by atoms with Gasteiger partial charge in [-0.05, 0) is 96.3 Å². The van der Waals surface area contributed by atoms with Crippen LogP contribution in [-0.4, -0.2) is 37.2 Å². The first-order valence-electron chi connectivity index (χ1n) is 23.1. The quantitative estimate of drug-likeness (QED) is 0.0266. The lowest BCUT2D eigenvalue weighted by Gasteiger charge is -2.18. The summed E-state index contributed by atoms with van der Waals surface area (Å²) in [6.07, 6.45) is 57.3. The van der Waals surface area contributed by atoms with Gasteiger partial charge in [-0.15, -0.1) is 0 Å². The Hall–Kier alpha value is -3.41. The van der Waals surface area contributed by atoms with Crippen molar-refractivity contribution in [3.8, 4) is 0 Å². The SMILES string of the molecule is CC/C=C\C/C=C\C/C=C\C/C=C\C/C=C\CCC(=O)OCC(COC(=O)CCC/C=C\CCCCCC)OC(=O)CCCCC/C=C\CCCCCCCCC. The topological polar surface area (TPSA) is 78.9 Å². The average molecular weight is 793 g/mol. The van der Waals surface area contributed by atoms with E-state index in [4.69, 9.17) is 14.2 Å².